The van der Waals surface area contributed by atoms with Gasteiger partial charge in [-0.05, 0) is 42.5 Å². The fraction of sp³-hybridized carbons (Fsp3) is 0.185. The number of pyridine rings is 1. The molecule has 1 amide bonds. The molecular weight excluding hydrogens is 465 g/mol. The normalized spacial score (nSPS) is 14.5. The minimum atomic E-state index is -3.74. The first-order chi connectivity index (χ1) is 16.8. The summed E-state index contributed by atoms with van der Waals surface area (Å²) >= 11 is 0. The lowest BCUT2D eigenvalue weighted by atomic mass is 9.98. The van der Waals surface area contributed by atoms with E-state index in [-0.39, 0.29) is 23.0 Å². The number of carbonyl (C=O) groups is 1. The number of sulfonamides is 1. The molecular formula is C27H24FN3O3S. The van der Waals surface area contributed by atoms with Crippen LogP contribution in [-0.4, -0.2) is 25.6 Å². The molecule has 0 radical (unpaired) electrons. The molecule has 1 atom stereocenters. The molecule has 178 valence electrons. The Labute approximate surface area is 203 Å². The first kappa shape index (κ1) is 23.0. The average Bonchev–Trinajstić information content (AvgIpc) is 3.67. The summed E-state index contributed by atoms with van der Waals surface area (Å²) in [6, 6.07) is 22.1. The van der Waals surface area contributed by atoms with E-state index in [9.17, 15) is 17.6 Å². The minimum Gasteiger partial charge on any atom is -0.345 e. The summed E-state index contributed by atoms with van der Waals surface area (Å²) in [5, 5.41) is 3.59. The molecule has 3 aromatic carbocycles. The summed E-state index contributed by atoms with van der Waals surface area (Å²) in [4.78, 5) is 18.6. The maximum atomic E-state index is 14.0. The lowest BCUT2D eigenvalue weighted by Crippen LogP contribution is -2.31. The lowest BCUT2D eigenvalue weighted by molar-refractivity contribution is 0.0934. The Kier molecular flexibility index (Phi) is 5.98. The molecule has 0 spiro atoms. The van der Waals surface area contributed by atoms with Crippen LogP contribution in [0.25, 0.3) is 22.2 Å². The highest BCUT2D eigenvalue weighted by molar-refractivity contribution is 7.92. The number of aromatic nitrogens is 1. The Hall–Kier alpha value is -3.78. The number of hydrogen-bond donors (Lipinski definition) is 2. The monoisotopic (exact) mass is 489 g/mol. The van der Waals surface area contributed by atoms with Crippen molar-refractivity contribution in [3.05, 3.63) is 95.8 Å². The molecule has 0 saturated heterocycles. The second kappa shape index (κ2) is 9.11. The highest BCUT2D eigenvalue weighted by Crippen LogP contribution is 2.42. The van der Waals surface area contributed by atoms with Crippen molar-refractivity contribution < 1.29 is 17.6 Å². The van der Waals surface area contributed by atoms with Crippen molar-refractivity contribution in [2.24, 2.45) is 5.92 Å². The van der Waals surface area contributed by atoms with Gasteiger partial charge in [0.25, 0.3) is 5.91 Å². The molecule has 6 nitrogen and oxygen atoms in total. The zero-order valence-electron chi connectivity index (χ0n) is 19.0. The minimum absolute atomic E-state index is 0.115. The number of benzene rings is 3. The van der Waals surface area contributed by atoms with Crippen LogP contribution in [0.5, 0.6) is 0 Å². The molecule has 1 aliphatic carbocycles. The highest BCUT2D eigenvalue weighted by Gasteiger charge is 2.35. The zero-order valence-corrected chi connectivity index (χ0v) is 19.8. The van der Waals surface area contributed by atoms with E-state index in [0.717, 1.165) is 19.1 Å². The number of para-hydroxylation sites is 1. The molecule has 1 aliphatic rings. The number of amides is 1. The zero-order chi connectivity index (χ0) is 24.6. The summed E-state index contributed by atoms with van der Waals surface area (Å²) in [6.45, 7) is 0. The van der Waals surface area contributed by atoms with Gasteiger partial charge in [0.2, 0.25) is 10.0 Å². The van der Waals surface area contributed by atoms with Crippen LogP contribution in [0.2, 0.25) is 0 Å². The van der Waals surface area contributed by atoms with Crippen LogP contribution in [-0.2, 0) is 10.0 Å². The summed E-state index contributed by atoms with van der Waals surface area (Å²) in [6.07, 6.45) is 2.88. The molecule has 1 saturated carbocycles. The summed E-state index contributed by atoms with van der Waals surface area (Å²) in [5.41, 5.74) is 2.56. The van der Waals surface area contributed by atoms with Crippen LogP contribution in [0.15, 0.2) is 78.9 Å². The number of anilines is 1. The van der Waals surface area contributed by atoms with Crippen molar-refractivity contribution in [1.29, 1.82) is 0 Å². The fourth-order valence-corrected chi connectivity index (χ4v) is 4.92. The topological polar surface area (TPSA) is 88.2 Å². The van der Waals surface area contributed by atoms with Gasteiger partial charge >= 0.3 is 0 Å². The highest BCUT2D eigenvalue weighted by atomic mass is 32.2. The maximum absolute atomic E-state index is 14.0. The largest absolute Gasteiger partial charge is 0.345 e. The van der Waals surface area contributed by atoms with Gasteiger partial charge in [0.05, 0.1) is 34.8 Å². The fourth-order valence-electron chi connectivity index (χ4n) is 4.35. The molecule has 35 heavy (non-hydrogen) atoms. The summed E-state index contributed by atoms with van der Waals surface area (Å²) in [5.74, 6) is -0.635. The Morgan fingerprint density at radius 1 is 1.00 bits per heavy atom. The van der Waals surface area contributed by atoms with Crippen molar-refractivity contribution in [2.75, 3.05) is 11.0 Å². The van der Waals surface area contributed by atoms with Gasteiger partial charge in [0.15, 0.2) is 0 Å². The summed E-state index contributed by atoms with van der Waals surface area (Å²) < 4.78 is 41.3. The standard InChI is InChI=1S/C27H24FN3O3S/c1-35(33,34)31-26-23(27(32)30-24(18-14-15-18)19-10-7-11-20(28)16-19)21-12-5-6-13-22(21)29-25(26)17-8-3-2-4-9-17/h2-13,16,18,24,31H,14-15H2,1H3,(H,30,32)/t24-/m0/s1. The van der Waals surface area contributed by atoms with Gasteiger partial charge in [-0.1, -0.05) is 60.7 Å². The number of rotatable bonds is 7. The van der Waals surface area contributed by atoms with Gasteiger partial charge in [-0.3, -0.25) is 9.52 Å². The molecule has 0 aliphatic heterocycles. The second-order valence-corrected chi connectivity index (χ2v) is 10.6. The smallest absolute Gasteiger partial charge is 0.254 e. The molecule has 1 aromatic heterocycles. The van der Waals surface area contributed by atoms with Crippen LogP contribution in [0.3, 0.4) is 0 Å². The van der Waals surface area contributed by atoms with Crippen LogP contribution in [0.4, 0.5) is 10.1 Å². The van der Waals surface area contributed by atoms with Gasteiger partial charge in [0, 0.05) is 10.9 Å². The number of nitrogens with zero attached hydrogens (tertiary/aromatic N) is 1. The van der Waals surface area contributed by atoms with Crippen molar-refractivity contribution in [3.63, 3.8) is 0 Å². The van der Waals surface area contributed by atoms with Gasteiger partial charge in [-0.2, -0.15) is 0 Å². The first-order valence-electron chi connectivity index (χ1n) is 11.3. The van der Waals surface area contributed by atoms with Gasteiger partial charge in [-0.25, -0.2) is 17.8 Å². The van der Waals surface area contributed by atoms with Crippen molar-refractivity contribution >= 4 is 32.5 Å². The molecule has 0 unspecified atom stereocenters. The van der Waals surface area contributed by atoms with E-state index >= 15 is 0 Å². The van der Waals surface area contributed by atoms with E-state index in [1.54, 1.807) is 30.3 Å². The van der Waals surface area contributed by atoms with Gasteiger partial charge in [-0.15, -0.1) is 0 Å². The number of carbonyl (C=O) groups excluding carboxylic acids is 1. The van der Waals surface area contributed by atoms with E-state index in [4.69, 9.17) is 4.98 Å². The van der Waals surface area contributed by atoms with E-state index in [2.05, 4.69) is 10.0 Å². The molecule has 0 bridgehead atoms. The molecule has 2 N–H and O–H groups in total. The first-order valence-corrected chi connectivity index (χ1v) is 13.2. The quantitative estimate of drug-likeness (QED) is 0.369. The van der Waals surface area contributed by atoms with E-state index in [1.807, 2.05) is 36.4 Å². The van der Waals surface area contributed by atoms with E-state index in [0.29, 0.717) is 27.7 Å². The Balaban J connectivity index is 1.69. The molecule has 1 heterocycles. The third-order valence-electron chi connectivity index (χ3n) is 6.04. The van der Waals surface area contributed by atoms with E-state index < -0.39 is 22.0 Å². The predicted octanol–water partition coefficient (Wildman–Crippen LogP) is 5.29. The Morgan fingerprint density at radius 3 is 2.40 bits per heavy atom. The van der Waals surface area contributed by atoms with Gasteiger partial charge < -0.3 is 5.32 Å². The number of halogens is 1. The van der Waals surface area contributed by atoms with Crippen molar-refractivity contribution in [2.45, 2.75) is 18.9 Å². The van der Waals surface area contributed by atoms with Gasteiger partial charge in [0.1, 0.15) is 5.82 Å². The SMILES string of the molecule is CS(=O)(=O)Nc1c(-c2ccccc2)nc2ccccc2c1C(=O)N[C@H](c1cccc(F)c1)C1CC1. The maximum Gasteiger partial charge on any atom is 0.254 e. The van der Waals surface area contributed by atoms with Crippen molar-refractivity contribution in [1.82, 2.24) is 10.3 Å². The van der Waals surface area contributed by atoms with Crippen LogP contribution in [0.1, 0.15) is 34.8 Å². The molecule has 1 fully saturated rings. The van der Waals surface area contributed by atoms with Crippen LogP contribution in [0, 0.1) is 11.7 Å². The molecule has 8 heteroatoms. The number of nitrogens with one attached hydrogen (secondary N) is 2. The second-order valence-electron chi connectivity index (χ2n) is 8.81. The molecule has 5 rings (SSSR count). The Morgan fingerprint density at radius 2 is 1.71 bits per heavy atom. The summed E-state index contributed by atoms with van der Waals surface area (Å²) in [7, 11) is -3.74. The van der Waals surface area contributed by atoms with Crippen molar-refractivity contribution in [3.8, 4) is 11.3 Å². The average molecular weight is 490 g/mol. The predicted molar refractivity (Wildman–Crippen MR) is 135 cm³/mol. The third-order valence-corrected chi connectivity index (χ3v) is 6.62. The Bertz CT molecular complexity index is 1520. The lowest BCUT2D eigenvalue weighted by Gasteiger charge is -2.22. The number of hydrogen-bond acceptors (Lipinski definition) is 4. The van der Waals surface area contributed by atoms with Crippen LogP contribution >= 0.6 is 0 Å². The third kappa shape index (κ3) is 5.02. The molecule has 4 aromatic rings. The number of fused-ring (bicyclic) bond motifs is 1. The van der Waals surface area contributed by atoms with Crippen LogP contribution < -0.4 is 10.0 Å². The van der Waals surface area contributed by atoms with E-state index in [1.165, 1.54) is 12.1 Å².